The quantitative estimate of drug-likeness (QED) is 0.647. The molecule has 3 aromatic rings. The molecule has 1 fully saturated rings. The van der Waals surface area contributed by atoms with E-state index in [4.69, 9.17) is 4.42 Å². The monoisotopic (exact) mass is 418 g/mol. The number of benzene rings is 1. The van der Waals surface area contributed by atoms with E-state index < -0.39 is 0 Å². The third-order valence-electron chi connectivity index (χ3n) is 7.41. The Bertz CT molecular complexity index is 1310. The molecule has 1 aliphatic carbocycles. The number of piperidine rings is 1. The van der Waals surface area contributed by atoms with Gasteiger partial charge in [-0.1, -0.05) is 6.07 Å². The van der Waals surface area contributed by atoms with Crippen LogP contribution < -0.4 is 11.2 Å². The van der Waals surface area contributed by atoms with Crippen molar-refractivity contribution in [3.8, 4) is 5.75 Å². The van der Waals surface area contributed by atoms with Gasteiger partial charge in [-0.15, -0.1) is 0 Å². The molecule has 6 heteroatoms. The largest absolute Gasteiger partial charge is 0.507 e. The molecule has 1 N–H and O–H groups in total. The highest BCUT2D eigenvalue weighted by molar-refractivity contribution is 5.86. The number of pyridine rings is 1. The summed E-state index contributed by atoms with van der Waals surface area (Å²) in [5.41, 5.74) is 4.09. The molecule has 6 rings (SSSR count). The van der Waals surface area contributed by atoms with Crippen LogP contribution in [-0.4, -0.2) is 27.7 Å². The van der Waals surface area contributed by atoms with E-state index in [0.29, 0.717) is 29.5 Å². The van der Waals surface area contributed by atoms with Gasteiger partial charge in [-0.2, -0.15) is 0 Å². The van der Waals surface area contributed by atoms with Gasteiger partial charge in [0.1, 0.15) is 11.3 Å². The van der Waals surface area contributed by atoms with Crippen LogP contribution >= 0.6 is 0 Å². The molecule has 2 atom stereocenters. The normalized spacial score (nSPS) is 22.8. The lowest BCUT2D eigenvalue weighted by Gasteiger charge is -2.42. The predicted octanol–water partition coefficient (Wildman–Crippen LogP) is 3.16. The van der Waals surface area contributed by atoms with E-state index in [-0.39, 0.29) is 16.9 Å². The van der Waals surface area contributed by atoms with Crippen molar-refractivity contribution in [2.75, 3.05) is 13.1 Å². The van der Waals surface area contributed by atoms with Gasteiger partial charge in [0.25, 0.3) is 5.56 Å². The van der Waals surface area contributed by atoms with Gasteiger partial charge < -0.3 is 14.1 Å². The molecule has 160 valence electrons. The summed E-state index contributed by atoms with van der Waals surface area (Å²) in [7, 11) is 0. The number of rotatable bonds is 2. The molecule has 2 bridgehead atoms. The summed E-state index contributed by atoms with van der Waals surface area (Å²) in [6, 6.07) is 9.19. The zero-order valence-corrected chi connectivity index (χ0v) is 17.5. The molecule has 4 heterocycles. The van der Waals surface area contributed by atoms with Crippen LogP contribution in [0.15, 0.2) is 44.3 Å². The van der Waals surface area contributed by atoms with E-state index in [1.165, 1.54) is 0 Å². The van der Waals surface area contributed by atoms with E-state index in [2.05, 4.69) is 11.0 Å². The molecule has 0 amide bonds. The molecular formula is C25H26N2O4. The topological polar surface area (TPSA) is 75.7 Å². The Kier molecular flexibility index (Phi) is 4.32. The fourth-order valence-corrected chi connectivity index (χ4v) is 6.05. The van der Waals surface area contributed by atoms with Crippen molar-refractivity contribution in [1.29, 1.82) is 0 Å². The number of aryl methyl sites for hydroxylation is 1. The number of hydrogen-bond donors (Lipinski definition) is 1. The van der Waals surface area contributed by atoms with E-state index in [9.17, 15) is 14.7 Å². The van der Waals surface area contributed by atoms with Crippen LogP contribution in [0.2, 0.25) is 0 Å². The van der Waals surface area contributed by atoms with E-state index in [1.807, 2.05) is 16.7 Å². The molecule has 2 aliphatic heterocycles. The van der Waals surface area contributed by atoms with Crippen molar-refractivity contribution in [1.82, 2.24) is 9.47 Å². The standard InChI is InChI=1S/C25H26N2O4/c28-22-9-8-18-17-4-1-2-5-19(17)25(30)31-24(18)20(22)14-26-11-15-10-16(13-26)21-6-3-7-23(29)27(21)12-15/h3,6-9,15-16,28H,1-2,4-5,10-14H2. The molecular weight excluding hydrogens is 392 g/mol. The molecule has 6 nitrogen and oxygen atoms in total. The van der Waals surface area contributed by atoms with Gasteiger partial charge in [-0.25, -0.2) is 4.79 Å². The highest BCUT2D eigenvalue weighted by Gasteiger charge is 2.35. The first-order valence-corrected chi connectivity index (χ1v) is 11.3. The second-order valence-corrected chi connectivity index (χ2v) is 9.39. The number of aromatic hydroxyl groups is 1. The van der Waals surface area contributed by atoms with Crippen LogP contribution in [0.25, 0.3) is 11.0 Å². The SMILES string of the molecule is O=c1oc2c(CN3CC4CC(C3)c3cccc(=O)n3C4)c(O)ccc2c2c1CCCC2. The zero-order valence-electron chi connectivity index (χ0n) is 17.5. The summed E-state index contributed by atoms with van der Waals surface area (Å²) in [4.78, 5) is 27.3. The second kappa shape index (κ2) is 7.09. The molecule has 0 spiro atoms. The average Bonchev–Trinajstić information content (AvgIpc) is 2.77. The third-order valence-corrected chi connectivity index (χ3v) is 7.41. The first-order chi connectivity index (χ1) is 15.1. The Balaban J connectivity index is 1.38. The van der Waals surface area contributed by atoms with Crippen molar-refractivity contribution in [2.24, 2.45) is 5.92 Å². The minimum Gasteiger partial charge on any atom is -0.507 e. The smallest absolute Gasteiger partial charge is 0.339 e. The molecule has 2 unspecified atom stereocenters. The fourth-order valence-electron chi connectivity index (χ4n) is 6.05. The van der Waals surface area contributed by atoms with Gasteiger partial charge in [0.2, 0.25) is 0 Å². The Morgan fingerprint density at radius 2 is 1.84 bits per heavy atom. The van der Waals surface area contributed by atoms with Gasteiger partial charge in [-0.3, -0.25) is 9.69 Å². The van der Waals surface area contributed by atoms with Gasteiger partial charge in [0.05, 0.1) is 5.56 Å². The third kappa shape index (κ3) is 3.04. The lowest BCUT2D eigenvalue weighted by molar-refractivity contribution is 0.113. The lowest BCUT2D eigenvalue weighted by Crippen LogP contribution is -2.46. The predicted molar refractivity (Wildman–Crippen MR) is 118 cm³/mol. The molecule has 3 aliphatic rings. The minimum absolute atomic E-state index is 0.0823. The van der Waals surface area contributed by atoms with Gasteiger partial charge in [0.15, 0.2) is 0 Å². The number of hydrogen-bond acceptors (Lipinski definition) is 5. The first-order valence-electron chi connectivity index (χ1n) is 11.3. The second-order valence-electron chi connectivity index (χ2n) is 9.39. The Morgan fingerprint density at radius 1 is 1.00 bits per heavy atom. The van der Waals surface area contributed by atoms with Crippen molar-refractivity contribution in [3.05, 3.63) is 73.5 Å². The van der Waals surface area contributed by atoms with Crippen LogP contribution in [-0.2, 0) is 25.9 Å². The summed E-state index contributed by atoms with van der Waals surface area (Å²) in [6.07, 6.45) is 4.86. The summed E-state index contributed by atoms with van der Waals surface area (Å²) < 4.78 is 7.72. The highest BCUT2D eigenvalue weighted by atomic mass is 16.4. The van der Waals surface area contributed by atoms with Crippen molar-refractivity contribution in [2.45, 2.75) is 51.1 Å². The summed E-state index contributed by atoms with van der Waals surface area (Å²) >= 11 is 0. The summed E-state index contributed by atoms with van der Waals surface area (Å²) in [5.74, 6) is 0.889. The van der Waals surface area contributed by atoms with Crippen LogP contribution in [0.3, 0.4) is 0 Å². The van der Waals surface area contributed by atoms with E-state index >= 15 is 0 Å². The van der Waals surface area contributed by atoms with Crippen LogP contribution in [0, 0.1) is 5.92 Å². The maximum atomic E-state index is 12.7. The number of phenolic OH excluding ortho intramolecular Hbond substituents is 1. The molecule has 31 heavy (non-hydrogen) atoms. The van der Waals surface area contributed by atoms with Crippen LogP contribution in [0.5, 0.6) is 5.75 Å². The minimum atomic E-state index is -0.252. The number of phenols is 1. The first kappa shape index (κ1) is 18.9. The summed E-state index contributed by atoms with van der Waals surface area (Å²) in [5, 5.41) is 11.7. The fraction of sp³-hybridized carbons (Fsp3) is 0.440. The summed E-state index contributed by atoms with van der Waals surface area (Å²) in [6.45, 7) is 2.97. The number of likely N-dealkylation sites (tertiary alicyclic amines) is 1. The molecule has 0 radical (unpaired) electrons. The van der Waals surface area contributed by atoms with Crippen molar-refractivity contribution < 1.29 is 9.52 Å². The molecule has 1 saturated heterocycles. The highest BCUT2D eigenvalue weighted by Crippen LogP contribution is 2.38. The van der Waals surface area contributed by atoms with Crippen molar-refractivity contribution >= 4 is 11.0 Å². The average molecular weight is 418 g/mol. The number of nitrogens with zero attached hydrogens (tertiary/aromatic N) is 2. The van der Waals surface area contributed by atoms with Gasteiger partial charge in [0, 0.05) is 54.8 Å². The number of fused-ring (bicyclic) bond motifs is 7. The maximum Gasteiger partial charge on any atom is 0.339 e. The Labute approximate surface area is 179 Å². The zero-order chi connectivity index (χ0) is 21.1. The van der Waals surface area contributed by atoms with Gasteiger partial charge in [-0.05, 0) is 61.8 Å². The lowest BCUT2D eigenvalue weighted by atomic mass is 9.83. The molecule has 2 aromatic heterocycles. The van der Waals surface area contributed by atoms with Crippen molar-refractivity contribution in [3.63, 3.8) is 0 Å². The number of aromatic nitrogens is 1. The maximum absolute atomic E-state index is 12.7. The van der Waals surface area contributed by atoms with Crippen LogP contribution in [0.1, 0.15) is 47.6 Å². The van der Waals surface area contributed by atoms with Gasteiger partial charge >= 0.3 is 5.63 Å². The Hall–Kier alpha value is -2.86. The molecule has 1 aromatic carbocycles. The van der Waals surface area contributed by atoms with Crippen LogP contribution in [0.4, 0.5) is 0 Å². The van der Waals surface area contributed by atoms with E-state index in [1.54, 1.807) is 12.1 Å². The molecule has 0 saturated carbocycles. The van der Waals surface area contributed by atoms with E-state index in [0.717, 1.165) is 73.9 Å². The Morgan fingerprint density at radius 3 is 2.71 bits per heavy atom.